The summed E-state index contributed by atoms with van der Waals surface area (Å²) in [5.41, 5.74) is 0. The molecule has 0 radical (unpaired) electrons. The smallest absolute Gasteiger partial charge is 0.104 e. The van der Waals surface area contributed by atoms with E-state index in [2.05, 4.69) is 13.8 Å². The lowest BCUT2D eigenvalue weighted by Crippen LogP contribution is -2.11. The van der Waals surface area contributed by atoms with Gasteiger partial charge in [0.2, 0.25) is 0 Å². The third kappa shape index (κ3) is 5.27. The minimum atomic E-state index is 0.420. The number of hydrogen-bond acceptors (Lipinski definition) is 2. The first-order valence-corrected chi connectivity index (χ1v) is 5.56. The second-order valence-corrected chi connectivity index (χ2v) is 3.91. The van der Waals surface area contributed by atoms with Gasteiger partial charge in [-0.1, -0.05) is 33.1 Å². The normalized spacial score (nSPS) is 23.1. The maximum absolute atomic E-state index is 5.58. The highest BCUT2D eigenvalue weighted by atomic mass is 16.6. The standard InChI is InChI=1S/C11H22O2/c1-3-5-6-10(4-2)7-12-8-11-9-13-11/h10-11H,3-9H2,1-2H3/t10-,11+/m1/s1. The molecule has 1 heterocycles. The molecule has 1 rings (SSSR count). The van der Waals surface area contributed by atoms with E-state index in [-0.39, 0.29) is 0 Å². The molecule has 1 saturated heterocycles. The van der Waals surface area contributed by atoms with Crippen molar-refractivity contribution >= 4 is 0 Å². The zero-order valence-electron chi connectivity index (χ0n) is 8.92. The first kappa shape index (κ1) is 11.0. The molecule has 2 atom stereocenters. The van der Waals surface area contributed by atoms with Crippen molar-refractivity contribution in [1.82, 2.24) is 0 Å². The van der Waals surface area contributed by atoms with Crippen molar-refractivity contribution in [3.05, 3.63) is 0 Å². The predicted octanol–water partition coefficient (Wildman–Crippen LogP) is 2.62. The zero-order valence-corrected chi connectivity index (χ0v) is 8.92. The summed E-state index contributed by atoms with van der Waals surface area (Å²) in [7, 11) is 0. The van der Waals surface area contributed by atoms with Gasteiger partial charge in [0.25, 0.3) is 0 Å². The second-order valence-electron chi connectivity index (χ2n) is 3.91. The summed E-state index contributed by atoms with van der Waals surface area (Å²) in [5.74, 6) is 0.763. The minimum absolute atomic E-state index is 0.420. The number of epoxide rings is 1. The van der Waals surface area contributed by atoms with Crippen molar-refractivity contribution in [2.45, 2.75) is 45.6 Å². The van der Waals surface area contributed by atoms with Gasteiger partial charge in [-0.05, 0) is 12.3 Å². The van der Waals surface area contributed by atoms with Crippen LogP contribution in [0.3, 0.4) is 0 Å². The Labute approximate surface area is 81.6 Å². The Morgan fingerprint density at radius 1 is 1.46 bits per heavy atom. The highest BCUT2D eigenvalue weighted by Gasteiger charge is 2.22. The molecule has 0 amide bonds. The first-order chi connectivity index (χ1) is 6.36. The van der Waals surface area contributed by atoms with Crippen LogP contribution in [0.2, 0.25) is 0 Å². The molecule has 1 fully saturated rings. The second kappa shape index (κ2) is 6.39. The van der Waals surface area contributed by atoms with Gasteiger partial charge >= 0.3 is 0 Å². The van der Waals surface area contributed by atoms with E-state index >= 15 is 0 Å². The lowest BCUT2D eigenvalue weighted by Gasteiger charge is -2.13. The molecule has 2 nitrogen and oxygen atoms in total. The maximum Gasteiger partial charge on any atom is 0.104 e. The third-order valence-corrected chi connectivity index (χ3v) is 2.60. The van der Waals surface area contributed by atoms with E-state index in [0.29, 0.717) is 6.10 Å². The van der Waals surface area contributed by atoms with Crippen LogP contribution in [0.15, 0.2) is 0 Å². The SMILES string of the molecule is CCCC[C@@H](CC)COC[C@H]1CO1. The molecule has 0 spiro atoms. The van der Waals surface area contributed by atoms with E-state index in [4.69, 9.17) is 9.47 Å². The summed E-state index contributed by atoms with van der Waals surface area (Å²) in [6.45, 7) is 7.13. The summed E-state index contributed by atoms with van der Waals surface area (Å²) >= 11 is 0. The Balaban J connectivity index is 1.93. The van der Waals surface area contributed by atoms with Crippen molar-refractivity contribution in [1.29, 1.82) is 0 Å². The molecule has 1 aliphatic heterocycles. The summed E-state index contributed by atoms with van der Waals surface area (Å²) in [4.78, 5) is 0. The van der Waals surface area contributed by atoms with Gasteiger partial charge in [-0.15, -0.1) is 0 Å². The van der Waals surface area contributed by atoms with Gasteiger partial charge in [0, 0.05) is 6.61 Å². The number of unbranched alkanes of at least 4 members (excludes halogenated alkanes) is 1. The quantitative estimate of drug-likeness (QED) is 0.543. The monoisotopic (exact) mass is 186 g/mol. The largest absolute Gasteiger partial charge is 0.378 e. The van der Waals surface area contributed by atoms with Crippen LogP contribution in [0.25, 0.3) is 0 Å². The third-order valence-electron chi connectivity index (χ3n) is 2.60. The van der Waals surface area contributed by atoms with Crippen molar-refractivity contribution < 1.29 is 9.47 Å². The van der Waals surface area contributed by atoms with Crippen LogP contribution in [0.5, 0.6) is 0 Å². The first-order valence-electron chi connectivity index (χ1n) is 5.56. The minimum Gasteiger partial charge on any atom is -0.378 e. The van der Waals surface area contributed by atoms with E-state index in [1.54, 1.807) is 0 Å². The van der Waals surface area contributed by atoms with E-state index in [1.807, 2.05) is 0 Å². The van der Waals surface area contributed by atoms with E-state index in [1.165, 1.54) is 25.7 Å². The molecule has 0 aromatic heterocycles. The fourth-order valence-electron chi connectivity index (χ4n) is 1.43. The Bertz CT molecular complexity index is 121. The van der Waals surface area contributed by atoms with Crippen LogP contribution < -0.4 is 0 Å². The number of rotatable bonds is 8. The van der Waals surface area contributed by atoms with Crippen molar-refractivity contribution in [3.63, 3.8) is 0 Å². The van der Waals surface area contributed by atoms with Crippen LogP contribution in [0.1, 0.15) is 39.5 Å². The molecule has 0 aromatic rings. The number of hydrogen-bond donors (Lipinski definition) is 0. The molecule has 1 aliphatic rings. The molecule has 0 aliphatic carbocycles. The van der Waals surface area contributed by atoms with E-state index < -0.39 is 0 Å². The zero-order chi connectivity index (χ0) is 9.52. The molecule has 2 heteroatoms. The average molecular weight is 186 g/mol. The molecular formula is C11H22O2. The molecule has 0 aromatic carbocycles. The van der Waals surface area contributed by atoms with Crippen LogP contribution in [-0.4, -0.2) is 25.9 Å². The Kier molecular flexibility index (Phi) is 5.40. The van der Waals surface area contributed by atoms with Gasteiger partial charge in [0.15, 0.2) is 0 Å². The fraction of sp³-hybridized carbons (Fsp3) is 1.00. The molecule has 0 N–H and O–H groups in total. The van der Waals surface area contributed by atoms with Gasteiger partial charge in [0.1, 0.15) is 6.10 Å². The predicted molar refractivity (Wildman–Crippen MR) is 53.9 cm³/mol. The Hall–Kier alpha value is -0.0800. The highest BCUT2D eigenvalue weighted by molar-refractivity contribution is 4.67. The van der Waals surface area contributed by atoms with E-state index in [0.717, 1.165) is 25.7 Å². The maximum atomic E-state index is 5.58. The van der Waals surface area contributed by atoms with Gasteiger partial charge < -0.3 is 9.47 Å². The van der Waals surface area contributed by atoms with Crippen LogP contribution in [0.4, 0.5) is 0 Å². The summed E-state index contributed by atoms with van der Waals surface area (Å²) in [6, 6.07) is 0. The lowest BCUT2D eigenvalue weighted by molar-refractivity contribution is 0.0813. The molecule has 0 unspecified atom stereocenters. The van der Waals surface area contributed by atoms with Crippen LogP contribution in [-0.2, 0) is 9.47 Å². The molecule has 0 bridgehead atoms. The number of ether oxygens (including phenoxy) is 2. The van der Waals surface area contributed by atoms with Crippen molar-refractivity contribution in [3.8, 4) is 0 Å². The van der Waals surface area contributed by atoms with Gasteiger partial charge in [0.05, 0.1) is 13.2 Å². The van der Waals surface area contributed by atoms with Crippen LogP contribution >= 0.6 is 0 Å². The Morgan fingerprint density at radius 3 is 2.77 bits per heavy atom. The lowest BCUT2D eigenvalue weighted by atomic mass is 10.0. The van der Waals surface area contributed by atoms with Crippen molar-refractivity contribution in [2.75, 3.05) is 19.8 Å². The highest BCUT2D eigenvalue weighted by Crippen LogP contribution is 2.14. The van der Waals surface area contributed by atoms with Gasteiger partial charge in [-0.25, -0.2) is 0 Å². The average Bonchev–Trinajstić information content (AvgIpc) is 2.94. The summed E-state index contributed by atoms with van der Waals surface area (Å²) in [5, 5.41) is 0. The topological polar surface area (TPSA) is 21.8 Å². The summed E-state index contributed by atoms with van der Waals surface area (Å²) in [6.07, 6.45) is 5.61. The van der Waals surface area contributed by atoms with Gasteiger partial charge in [-0.2, -0.15) is 0 Å². The molecule has 13 heavy (non-hydrogen) atoms. The van der Waals surface area contributed by atoms with E-state index in [9.17, 15) is 0 Å². The summed E-state index contributed by atoms with van der Waals surface area (Å²) < 4.78 is 10.7. The van der Waals surface area contributed by atoms with Crippen molar-refractivity contribution in [2.24, 2.45) is 5.92 Å². The fourth-order valence-corrected chi connectivity index (χ4v) is 1.43. The van der Waals surface area contributed by atoms with Crippen LogP contribution in [0, 0.1) is 5.92 Å². The Morgan fingerprint density at radius 2 is 2.23 bits per heavy atom. The molecular weight excluding hydrogens is 164 g/mol. The van der Waals surface area contributed by atoms with Gasteiger partial charge in [-0.3, -0.25) is 0 Å². The molecule has 78 valence electrons. The molecule has 0 saturated carbocycles.